The minimum Gasteiger partial charge on any atom is -0.494 e. The largest absolute Gasteiger partial charge is 0.494 e. The fourth-order valence-corrected chi connectivity index (χ4v) is 3.79. The van der Waals surface area contributed by atoms with Crippen LogP contribution in [-0.2, 0) is 6.54 Å². The lowest BCUT2D eigenvalue weighted by molar-refractivity contribution is 0.318. The van der Waals surface area contributed by atoms with E-state index in [1.165, 1.54) is 11.1 Å². The molecule has 5 nitrogen and oxygen atoms in total. The lowest BCUT2D eigenvalue weighted by Gasteiger charge is -2.09. The number of ether oxygens (including phenoxy) is 1. The van der Waals surface area contributed by atoms with Crippen molar-refractivity contribution in [1.29, 1.82) is 0 Å². The van der Waals surface area contributed by atoms with Gasteiger partial charge in [0.2, 0.25) is 0 Å². The van der Waals surface area contributed by atoms with E-state index in [1.54, 1.807) is 18.0 Å². The van der Waals surface area contributed by atoms with Gasteiger partial charge in [-0.3, -0.25) is 4.57 Å². The van der Waals surface area contributed by atoms with Gasteiger partial charge in [-0.05, 0) is 56.5 Å². The maximum absolute atomic E-state index is 5.88. The fourth-order valence-electron chi connectivity index (χ4n) is 2.93. The maximum Gasteiger partial charge on any atom is 0.191 e. The van der Waals surface area contributed by atoms with Crippen LogP contribution in [0.4, 0.5) is 0 Å². The number of nitrogens with zero attached hydrogens (tertiary/aromatic N) is 3. The Bertz CT molecular complexity index is 894. The molecule has 0 fully saturated rings. The second kappa shape index (κ2) is 8.95. The van der Waals surface area contributed by atoms with Gasteiger partial charge in [0.1, 0.15) is 11.5 Å². The van der Waals surface area contributed by atoms with Crippen LogP contribution in [0, 0.1) is 20.8 Å². The molecule has 0 saturated heterocycles. The van der Waals surface area contributed by atoms with Crippen LogP contribution in [0.2, 0.25) is 0 Å². The van der Waals surface area contributed by atoms with E-state index >= 15 is 0 Å². The Labute approximate surface area is 164 Å². The number of aryl methyl sites for hydroxylation is 3. The average Bonchev–Trinajstić information content (AvgIpc) is 3.20. The Morgan fingerprint density at radius 1 is 1.19 bits per heavy atom. The lowest BCUT2D eigenvalue weighted by Crippen LogP contribution is -2.03. The van der Waals surface area contributed by atoms with Gasteiger partial charge in [0.15, 0.2) is 11.0 Å². The summed E-state index contributed by atoms with van der Waals surface area (Å²) in [6.07, 6.45) is 4.46. The molecule has 0 amide bonds. The number of benzene rings is 1. The van der Waals surface area contributed by atoms with Crippen LogP contribution >= 0.6 is 11.8 Å². The number of furan rings is 1. The van der Waals surface area contributed by atoms with Crippen molar-refractivity contribution >= 4 is 11.8 Å². The third-order valence-corrected chi connectivity index (χ3v) is 5.17. The van der Waals surface area contributed by atoms with E-state index in [9.17, 15) is 0 Å². The summed E-state index contributed by atoms with van der Waals surface area (Å²) in [6, 6.07) is 8.21. The summed E-state index contributed by atoms with van der Waals surface area (Å²) < 4.78 is 13.4. The molecule has 0 aliphatic heterocycles. The Balaban J connectivity index is 1.57. The highest BCUT2D eigenvalue weighted by atomic mass is 32.2. The molecule has 2 aromatic heterocycles. The monoisotopic (exact) mass is 383 g/mol. The zero-order valence-corrected chi connectivity index (χ0v) is 16.9. The van der Waals surface area contributed by atoms with E-state index in [1.807, 2.05) is 19.1 Å². The Morgan fingerprint density at radius 3 is 2.63 bits per heavy atom. The van der Waals surface area contributed by atoms with E-state index < -0.39 is 0 Å². The summed E-state index contributed by atoms with van der Waals surface area (Å²) in [5, 5.41) is 9.60. The summed E-state index contributed by atoms with van der Waals surface area (Å²) in [5.41, 5.74) is 3.41. The lowest BCUT2D eigenvalue weighted by atomic mass is 10.1. The number of thioether (sulfide) groups is 1. The SMILES string of the molecule is C=CCn1c(SCCCOc2cc(C)cc(C)c2)nnc1-c1ccoc1C. The van der Waals surface area contributed by atoms with Crippen molar-refractivity contribution < 1.29 is 9.15 Å². The van der Waals surface area contributed by atoms with E-state index in [2.05, 4.69) is 53.4 Å². The highest BCUT2D eigenvalue weighted by Gasteiger charge is 2.16. The molecular formula is C21H25N3O2S. The standard InChI is InChI=1S/C21H25N3O2S/c1-5-8-24-20(19-7-10-25-17(19)4)22-23-21(24)27-11-6-9-26-18-13-15(2)12-16(3)14-18/h5,7,10,12-14H,1,6,8-9,11H2,2-4H3. The molecule has 6 heteroatoms. The number of hydrogen-bond donors (Lipinski definition) is 0. The first-order valence-electron chi connectivity index (χ1n) is 9.01. The van der Waals surface area contributed by atoms with Crippen molar-refractivity contribution in [3.63, 3.8) is 0 Å². The minimum absolute atomic E-state index is 0.661. The fraction of sp³-hybridized carbons (Fsp3) is 0.333. The average molecular weight is 384 g/mol. The van der Waals surface area contributed by atoms with Crippen molar-refractivity contribution in [2.75, 3.05) is 12.4 Å². The van der Waals surface area contributed by atoms with E-state index in [-0.39, 0.29) is 0 Å². The smallest absolute Gasteiger partial charge is 0.191 e. The molecule has 142 valence electrons. The van der Waals surface area contributed by atoms with Gasteiger partial charge in [0.05, 0.1) is 18.4 Å². The van der Waals surface area contributed by atoms with Crippen LogP contribution in [-0.4, -0.2) is 27.1 Å². The molecule has 0 saturated carbocycles. The molecule has 27 heavy (non-hydrogen) atoms. The topological polar surface area (TPSA) is 53.1 Å². The van der Waals surface area contributed by atoms with Crippen LogP contribution in [0.25, 0.3) is 11.4 Å². The normalized spacial score (nSPS) is 10.9. The van der Waals surface area contributed by atoms with Crippen LogP contribution in [0.1, 0.15) is 23.3 Å². The first kappa shape index (κ1) is 19.3. The molecular weight excluding hydrogens is 358 g/mol. The number of rotatable bonds is 9. The zero-order valence-electron chi connectivity index (χ0n) is 16.1. The summed E-state index contributed by atoms with van der Waals surface area (Å²) in [6.45, 7) is 11.3. The molecule has 0 bridgehead atoms. The van der Waals surface area contributed by atoms with Crippen molar-refractivity contribution in [3.8, 4) is 17.1 Å². The van der Waals surface area contributed by atoms with Crippen molar-refractivity contribution in [2.45, 2.75) is 38.9 Å². The second-order valence-corrected chi connectivity index (χ2v) is 7.53. The van der Waals surface area contributed by atoms with Gasteiger partial charge in [-0.25, -0.2) is 0 Å². The molecule has 0 atom stereocenters. The third-order valence-electron chi connectivity index (χ3n) is 4.11. The molecule has 1 aromatic carbocycles. The Hall–Kier alpha value is -2.47. The van der Waals surface area contributed by atoms with Gasteiger partial charge in [0, 0.05) is 12.3 Å². The van der Waals surface area contributed by atoms with Crippen LogP contribution < -0.4 is 4.74 Å². The first-order valence-corrected chi connectivity index (χ1v) is 9.99. The van der Waals surface area contributed by atoms with Crippen LogP contribution in [0.3, 0.4) is 0 Å². The molecule has 3 rings (SSSR count). The van der Waals surface area contributed by atoms with Gasteiger partial charge in [0.25, 0.3) is 0 Å². The van der Waals surface area contributed by atoms with E-state index in [0.29, 0.717) is 13.2 Å². The first-order chi connectivity index (χ1) is 13.1. The Kier molecular flexibility index (Phi) is 6.40. The number of aromatic nitrogens is 3. The highest BCUT2D eigenvalue weighted by Crippen LogP contribution is 2.27. The van der Waals surface area contributed by atoms with Crippen LogP contribution in [0.15, 0.2) is 52.8 Å². The van der Waals surface area contributed by atoms with Crippen molar-refractivity contribution in [3.05, 3.63) is 60.1 Å². The van der Waals surface area contributed by atoms with Gasteiger partial charge in [-0.2, -0.15) is 0 Å². The Morgan fingerprint density at radius 2 is 1.96 bits per heavy atom. The summed E-state index contributed by atoms with van der Waals surface area (Å²) in [7, 11) is 0. The van der Waals surface area contributed by atoms with Crippen LogP contribution in [0.5, 0.6) is 5.75 Å². The van der Waals surface area contributed by atoms with Gasteiger partial charge >= 0.3 is 0 Å². The molecule has 0 aliphatic rings. The maximum atomic E-state index is 5.88. The highest BCUT2D eigenvalue weighted by molar-refractivity contribution is 7.99. The number of allylic oxidation sites excluding steroid dienone is 1. The summed E-state index contributed by atoms with van der Waals surface area (Å²) in [5.74, 6) is 3.50. The summed E-state index contributed by atoms with van der Waals surface area (Å²) >= 11 is 1.68. The van der Waals surface area contributed by atoms with E-state index in [0.717, 1.165) is 40.2 Å². The quantitative estimate of drug-likeness (QED) is 0.288. The second-order valence-electron chi connectivity index (χ2n) is 6.47. The van der Waals surface area contributed by atoms with Gasteiger partial charge in [-0.1, -0.05) is 23.9 Å². The van der Waals surface area contributed by atoms with E-state index in [4.69, 9.17) is 9.15 Å². The zero-order chi connectivity index (χ0) is 19.2. The molecule has 2 heterocycles. The molecule has 0 aliphatic carbocycles. The number of hydrogen-bond acceptors (Lipinski definition) is 5. The van der Waals surface area contributed by atoms with Gasteiger partial charge < -0.3 is 9.15 Å². The van der Waals surface area contributed by atoms with Crippen molar-refractivity contribution in [2.24, 2.45) is 0 Å². The molecule has 0 spiro atoms. The molecule has 0 N–H and O–H groups in total. The minimum atomic E-state index is 0.661. The predicted molar refractivity (Wildman–Crippen MR) is 109 cm³/mol. The van der Waals surface area contributed by atoms with Gasteiger partial charge in [-0.15, -0.1) is 16.8 Å². The predicted octanol–water partition coefficient (Wildman–Crippen LogP) is 5.21. The van der Waals surface area contributed by atoms with Crippen molar-refractivity contribution in [1.82, 2.24) is 14.8 Å². The molecule has 0 radical (unpaired) electrons. The third kappa shape index (κ3) is 4.83. The molecule has 0 unspecified atom stereocenters. The summed E-state index contributed by atoms with van der Waals surface area (Å²) in [4.78, 5) is 0. The molecule has 3 aromatic rings.